The van der Waals surface area contributed by atoms with E-state index in [-0.39, 0.29) is 6.54 Å². The summed E-state index contributed by atoms with van der Waals surface area (Å²) >= 11 is 0. The molecule has 0 fully saturated rings. The van der Waals surface area contributed by atoms with E-state index in [1.165, 1.54) is 18.5 Å². The SMILES string of the molecule is Cc1noc2ncnc(NCC(C)(O)c3cccc(F)c3)c12. The fourth-order valence-corrected chi connectivity index (χ4v) is 2.24. The minimum Gasteiger partial charge on any atom is -0.384 e. The van der Waals surface area contributed by atoms with Gasteiger partial charge in [0.25, 0.3) is 5.71 Å². The van der Waals surface area contributed by atoms with E-state index in [9.17, 15) is 9.50 Å². The van der Waals surface area contributed by atoms with Gasteiger partial charge in [-0.3, -0.25) is 0 Å². The molecule has 3 aromatic rings. The molecule has 0 aliphatic heterocycles. The van der Waals surface area contributed by atoms with Crippen molar-refractivity contribution in [3.8, 4) is 0 Å². The van der Waals surface area contributed by atoms with E-state index in [0.29, 0.717) is 28.2 Å². The van der Waals surface area contributed by atoms with Crippen molar-refractivity contribution in [2.75, 3.05) is 11.9 Å². The molecular weight excluding hydrogens is 287 g/mol. The topological polar surface area (TPSA) is 84.1 Å². The zero-order valence-electron chi connectivity index (χ0n) is 12.2. The Kier molecular flexibility index (Phi) is 3.50. The molecule has 2 aromatic heterocycles. The first-order valence-corrected chi connectivity index (χ1v) is 6.76. The molecule has 0 saturated carbocycles. The maximum Gasteiger partial charge on any atom is 0.263 e. The van der Waals surface area contributed by atoms with Gasteiger partial charge in [0.15, 0.2) is 0 Å². The highest BCUT2D eigenvalue weighted by Gasteiger charge is 2.24. The van der Waals surface area contributed by atoms with E-state index in [1.54, 1.807) is 26.0 Å². The van der Waals surface area contributed by atoms with Crippen molar-refractivity contribution in [1.29, 1.82) is 0 Å². The van der Waals surface area contributed by atoms with Crippen LogP contribution >= 0.6 is 0 Å². The van der Waals surface area contributed by atoms with E-state index in [4.69, 9.17) is 4.52 Å². The molecule has 7 heteroatoms. The van der Waals surface area contributed by atoms with Crippen molar-refractivity contribution in [2.45, 2.75) is 19.4 Å². The molecule has 22 heavy (non-hydrogen) atoms. The molecule has 0 bridgehead atoms. The molecule has 3 rings (SSSR count). The summed E-state index contributed by atoms with van der Waals surface area (Å²) in [4.78, 5) is 8.13. The second-order valence-electron chi connectivity index (χ2n) is 5.31. The van der Waals surface area contributed by atoms with Gasteiger partial charge >= 0.3 is 0 Å². The third-order valence-corrected chi connectivity index (χ3v) is 3.49. The van der Waals surface area contributed by atoms with Gasteiger partial charge in [-0.1, -0.05) is 17.3 Å². The number of hydrogen-bond donors (Lipinski definition) is 2. The smallest absolute Gasteiger partial charge is 0.263 e. The van der Waals surface area contributed by atoms with Crippen molar-refractivity contribution >= 4 is 16.9 Å². The Hall–Kier alpha value is -2.54. The quantitative estimate of drug-likeness (QED) is 0.770. The van der Waals surface area contributed by atoms with Gasteiger partial charge in [0.2, 0.25) is 0 Å². The lowest BCUT2D eigenvalue weighted by Crippen LogP contribution is -2.31. The summed E-state index contributed by atoms with van der Waals surface area (Å²) in [5.74, 6) is 0.123. The third-order valence-electron chi connectivity index (χ3n) is 3.49. The Bertz CT molecular complexity index is 816. The Morgan fingerprint density at radius 3 is 2.95 bits per heavy atom. The zero-order valence-corrected chi connectivity index (χ0v) is 12.2. The average Bonchev–Trinajstić information content (AvgIpc) is 2.87. The largest absolute Gasteiger partial charge is 0.384 e. The van der Waals surface area contributed by atoms with E-state index in [0.717, 1.165) is 0 Å². The molecular formula is C15H15FN4O2. The molecule has 0 aliphatic carbocycles. The molecule has 2 heterocycles. The second kappa shape index (κ2) is 5.34. The van der Waals surface area contributed by atoms with E-state index in [1.807, 2.05) is 0 Å². The number of fused-ring (bicyclic) bond motifs is 1. The molecule has 1 aromatic carbocycles. The van der Waals surface area contributed by atoms with Gasteiger partial charge in [0, 0.05) is 6.54 Å². The molecule has 0 amide bonds. The minimum absolute atomic E-state index is 0.146. The number of aryl methyl sites for hydroxylation is 1. The zero-order chi connectivity index (χ0) is 15.7. The normalized spacial score (nSPS) is 14.0. The highest BCUT2D eigenvalue weighted by molar-refractivity contribution is 5.87. The first-order chi connectivity index (χ1) is 10.5. The highest BCUT2D eigenvalue weighted by Crippen LogP contribution is 2.25. The molecule has 1 unspecified atom stereocenters. The molecule has 0 radical (unpaired) electrons. The summed E-state index contributed by atoms with van der Waals surface area (Å²) in [6.45, 7) is 3.53. The van der Waals surface area contributed by atoms with Gasteiger partial charge in [-0.15, -0.1) is 0 Å². The van der Waals surface area contributed by atoms with Gasteiger partial charge in [0.1, 0.15) is 28.9 Å². The van der Waals surface area contributed by atoms with Crippen LogP contribution in [0.15, 0.2) is 35.1 Å². The minimum atomic E-state index is -1.26. The Morgan fingerprint density at radius 2 is 2.18 bits per heavy atom. The van der Waals surface area contributed by atoms with Crippen molar-refractivity contribution in [1.82, 2.24) is 15.1 Å². The van der Waals surface area contributed by atoms with Crippen LogP contribution in [0.4, 0.5) is 10.2 Å². The van der Waals surface area contributed by atoms with Crippen molar-refractivity contribution in [2.24, 2.45) is 0 Å². The number of nitrogens with one attached hydrogen (secondary N) is 1. The summed E-state index contributed by atoms with van der Waals surface area (Å²) in [6.07, 6.45) is 1.35. The van der Waals surface area contributed by atoms with Crippen LogP contribution in [0.5, 0.6) is 0 Å². The Balaban J connectivity index is 1.85. The van der Waals surface area contributed by atoms with Crippen LogP contribution in [0.2, 0.25) is 0 Å². The lowest BCUT2D eigenvalue weighted by Gasteiger charge is -2.24. The average molecular weight is 302 g/mol. The number of benzene rings is 1. The number of hydrogen-bond acceptors (Lipinski definition) is 6. The number of anilines is 1. The third kappa shape index (κ3) is 2.62. The predicted molar refractivity (Wildman–Crippen MR) is 78.8 cm³/mol. The summed E-state index contributed by atoms with van der Waals surface area (Å²) in [5.41, 5.74) is 0.251. The fraction of sp³-hybridized carbons (Fsp3) is 0.267. The van der Waals surface area contributed by atoms with Crippen molar-refractivity contribution in [3.05, 3.63) is 47.7 Å². The van der Waals surface area contributed by atoms with E-state index >= 15 is 0 Å². The molecule has 114 valence electrons. The summed E-state index contributed by atoms with van der Waals surface area (Å²) in [6, 6.07) is 5.88. The second-order valence-corrected chi connectivity index (χ2v) is 5.31. The first-order valence-electron chi connectivity index (χ1n) is 6.76. The standard InChI is InChI=1S/C15H15FN4O2/c1-9-12-13(18-8-19-14(12)22-20-9)17-7-15(2,21)10-4-3-5-11(16)6-10/h3-6,8,21H,7H2,1-2H3,(H,17,18,19). The summed E-state index contributed by atoms with van der Waals surface area (Å²) < 4.78 is 18.4. The number of nitrogens with zero attached hydrogens (tertiary/aromatic N) is 3. The van der Waals surface area contributed by atoms with Crippen LogP contribution in [0.3, 0.4) is 0 Å². The fourth-order valence-electron chi connectivity index (χ4n) is 2.24. The predicted octanol–water partition coefficient (Wildman–Crippen LogP) is 2.38. The van der Waals surface area contributed by atoms with Crippen LogP contribution in [-0.4, -0.2) is 26.8 Å². The van der Waals surface area contributed by atoms with Crippen LogP contribution in [-0.2, 0) is 5.60 Å². The number of aromatic nitrogens is 3. The van der Waals surface area contributed by atoms with Crippen LogP contribution in [0.25, 0.3) is 11.1 Å². The maximum absolute atomic E-state index is 13.3. The number of aliphatic hydroxyl groups is 1. The summed E-state index contributed by atoms with van der Waals surface area (Å²) in [7, 11) is 0. The van der Waals surface area contributed by atoms with Crippen LogP contribution in [0.1, 0.15) is 18.2 Å². The Labute approximate surface area is 126 Å². The van der Waals surface area contributed by atoms with Crippen LogP contribution in [0, 0.1) is 12.7 Å². The molecule has 6 nitrogen and oxygen atoms in total. The van der Waals surface area contributed by atoms with Crippen molar-refractivity contribution < 1.29 is 14.0 Å². The van der Waals surface area contributed by atoms with Gasteiger partial charge in [-0.25, -0.2) is 9.37 Å². The molecule has 0 spiro atoms. The van der Waals surface area contributed by atoms with Crippen LogP contribution < -0.4 is 5.32 Å². The van der Waals surface area contributed by atoms with Crippen molar-refractivity contribution in [3.63, 3.8) is 0 Å². The lowest BCUT2D eigenvalue weighted by molar-refractivity contribution is 0.0711. The van der Waals surface area contributed by atoms with Gasteiger partial charge < -0.3 is 14.9 Å². The lowest BCUT2D eigenvalue weighted by atomic mass is 9.96. The van der Waals surface area contributed by atoms with Gasteiger partial charge in [-0.05, 0) is 31.5 Å². The van der Waals surface area contributed by atoms with E-state index in [2.05, 4.69) is 20.4 Å². The molecule has 0 saturated heterocycles. The molecule has 2 N–H and O–H groups in total. The first kappa shape index (κ1) is 14.4. The van der Waals surface area contributed by atoms with Gasteiger partial charge in [-0.2, -0.15) is 4.98 Å². The Morgan fingerprint density at radius 1 is 1.36 bits per heavy atom. The monoisotopic (exact) mass is 302 g/mol. The molecule has 0 aliphatic rings. The number of halogens is 1. The highest BCUT2D eigenvalue weighted by atomic mass is 19.1. The van der Waals surface area contributed by atoms with E-state index < -0.39 is 11.4 Å². The summed E-state index contributed by atoms with van der Waals surface area (Å²) in [5, 5.41) is 18.1. The molecule has 1 atom stereocenters. The van der Waals surface area contributed by atoms with Gasteiger partial charge in [0.05, 0.1) is 5.69 Å². The number of rotatable bonds is 4. The maximum atomic E-state index is 13.3.